The third-order valence-corrected chi connectivity index (χ3v) is 14.3. The van der Waals surface area contributed by atoms with Crippen LogP contribution in [0.2, 0.25) is 0 Å². The van der Waals surface area contributed by atoms with E-state index in [9.17, 15) is 9.59 Å². The first-order valence-electron chi connectivity index (χ1n) is 17.3. The van der Waals surface area contributed by atoms with Crippen molar-refractivity contribution < 1.29 is 9.59 Å². The average molecular weight is 545 g/mol. The third-order valence-electron chi connectivity index (χ3n) is 14.3. The molecule has 0 aliphatic heterocycles. The molecular weight excluding hydrogens is 488 g/mol. The minimum atomic E-state index is -0.100. The first-order valence-corrected chi connectivity index (χ1v) is 17.3. The fourth-order valence-electron chi connectivity index (χ4n) is 12.0. The molecule has 1 aromatic carbocycles. The molecule has 0 spiro atoms. The molecule has 2 heteroatoms. The lowest BCUT2D eigenvalue weighted by Gasteiger charge is -2.59. The van der Waals surface area contributed by atoms with Crippen LogP contribution < -0.4 is 0 Å². The maximum absolute atomic E-state index is 13.2. The van der Waals surface area contributed by atoms with Gasteiger partial charge in [-0.05, 0) is 122 Å². The van der Waals surface area contributed by atoms with Gasteiger partial charge in [-0.3, -0.25) is 9.59 Å². The maximum Gasteiger partial charge on any atom is 0.167 e. The Morgan fingerprint density at radius 3 is 2.48 bits per heavy atom. The van der Waals surface area contributed by atoms with Crippen molar-refractivity contribution in [3.8, 4) is 0 Å². The van der Waals surface area contributed by atoms with Gasteiger partial charge in [0.15, 0.2) is 11.6 Å². The molecule has 6 unspecified atom stereocenters. The van der Waals surface area contributed by atoms with E-state index in [1.165, 1.54) is 70.6 Å². The summed E-state index contributed by atoms with van der Waals surface area (Å²) in [5.74, 6) is 7.30. The van der Waals surface area contributed by atoms with Gasteiger partial charge in [0.05, 0.1) is 0 Å². The number of hydrogen-bond donors (Lipinski definition) is 0. The lowest BCUT2D eigenvalue weighted by molar-refractivity contribution is -0.108. The average Bonchev–Trinajstić information content (AvgIpc) is 3.24. The first kappa shape index (κ1) is 28.7. The van der Waals surface area contributed by atoms with Crippen molar-refractivity contribution >= 4 is 11.6 Å². The summed E-state index contributed by atoms with van der Waals surface area (Å²) < 4.78 is 0. The molecule has 0 radical (unpaired) electrons. The van der Waals surface area contributed by atoms with Crippen LogP contribution in [0.1, 0.15) is 145 Å². The highest BCUT2D eigenvalue weighted by molar-refractivity contribution is 6.14. The molecule has 4 saturated carbocycles. The van der Waals surface area contributed by atoms with Crippen LogP contribution in [0.3, 0.4) is 0 Å². The van der Waals surface area contributed by atoms with E-state index in [-0.39, 0.29) is 17.5 Å². The fourth-order valence-corrected chi connectivity index (χ4v) is 12.0. The second kappa shape index (κ2) is 11.0. The lowest BCUT2D eigenvalue weighted by Crippen LogP contribution is -2.53. The van der Waals surface area contributed by atoms with E-state index in [4.69, 9.17) is 0 Å². The van der Waals surface area contributed by atoms with Crippen molar-refractivity contribution in [2.75, 3.05) is 0 Å². The number of benzene rings is 1. The Morgan fingerprint density at radius 1 is 0.925 bits per heavy atom. The highest BCUT2D eigenvalue weighted by atomic mass is 16.1. The number of hydrogen-bond acceptors (Lipinski definition) is 2. The molecule has 220 valence electrons. The smallest absolute Gasteiger partial charge is 0.167 e. The molecule has 0 amide bonds. The predicted octanol–water partition coefficient (Wildman–Crippen LogP) is 10.2. The second-order valence-electron chi connectivity index (χ2n) is 15.9. The molecule has 40 heavy (non-hydrogen) atoms. The summed E-state index contributed by atoms with van der Waals surface area (Å²) >= 11 is 0. The van der Waals surface area contributed by atoms with E-state index in [2.05, 4.69) is 34.6 Å². The summed E-state index contributed by atoms with van der Waals surface area (Å²) in [5, 5.41) is 0. The monoisotopic (exact) mass is 544 g/mol. The Bertz CT molecular complexity index is 1100. The van der Waals surface area contributed by atoms with E-state index >= 15 is 0 Å². The van der Waals surface area contributed by atoms with Crippen molar-refractivity contribution in [3.63, 3.8) is 0 Å². The first-order chi connectivity index (χ1) is 19.2. The molecule has 0 heterocycles. The molecule has 5 aliphatic carbocycles. The maximum atomic E-state index is 13.2. The minimum absolute atomic E-state index is 0.100. The van der Waals surface area contributed by atoms with E-state index in [0.29, 0.717) is 28.4 Å². The predicted molar refractivity (Wildman–Crippen MR) is 164 cm³/mol. The van der Waals surface area contributed by atoms with E-state index < -0.39 is 0 Å². The van der Waals surface area contributed by atoms with Gasteiger partial charge in [0, 0.05) is 23.5 Å². The van der Waals surface area contributed by atoms with Crippen molar-refractivity contribution in [1.29, 1.82) is 0 Å². The van der Waals surface area contributed by atoms with Gasteiger partial charge in [-0.25, -0.2) is 0 Å². The molecular formula is C38H56O2. The molecule has 0 saturated heterocycles. The molecule has 0 N–H and O–H groups in total. The van der Waals surface area contributed by atoms with Gasteiger partial charge in [-0.2, -0.15) is 0 Å². The molecule has 5 aliphatic rings. The van der Waals surface area contributed by atoms with Crippen LogP contribution >= 0.6 is 0 Å². The summed E-state index contributed by atoms with van der Waals surface area (Å²) in [5.41, 5.74) is 2.37. The molecule has 11 atom stereocenters. The SMILES string of the molecule is CCCC(C)[C@H]1CCC2C3CCC[C@@H]4C[C@@H](CCC5CC(=O)c6ccccc6C5=O)CC[C@]4(C)C3C[C@H](C)C21C. The number of rotatable bonds is 6. The topological polar surface area (TPSA) is 34.1 Å². The standard InChI is InChI=1S/C38H56O2/c1-6-10-24(2)32-17-18-33-31-14-9-11-28-22-26(19-20-37(28,4)34(31)21-25(3)38(32,33)5)15-16-27-23-35(39)29-12-7-8-13-30(29)36(27)40/h7-8,12-13,24-28,31-34H,6,9-11,14-23H2,1-5H3/t24?,25-,26-,27?,28+,31?,32+,33?,34?,37-,38?/m0/s1. The van der Waals surface area contributed by atoms with Crippen LogP contribution in [0.5, 0.6) is 0 Å². The molecule has 0 aromatic heterocycles. The zero-order valence-electron chi connectivity index (χ0n) is 26.2. The van der Waals surface area contributed by atoms with Gasteiger partial charge in [0.1, 0.15) is 0 Å². The van der Waals surface area contributed by atoms with Gasteiger partial charge in [-0.15, -0.1) is 0 Å². The van der Waals surface area contributed by atoms with Crippen LogP contribution in [0.25, 0.3) is 0 Å². The van der Waals surface area contributed by atoms with Gasteiger partial charge in [-0.1, -0.05) is 78.1 Å². The summed E-state index contributed by atoms with van der Waals surface area (Å²) in [4.78, 5) is 26.0. The minimum Gasteiger partial charge on any atom is -0.294 e. The van der Waals surface area contributed by atoms with Crippen LogP contribution in [0, 0.1) is 64.1 Å². The summed E-state index contributed by atoms with van der Waals surface area (Å²) in [6, 6.07) is 7.48. The second-order valence-corrected chi connectivity index (χ2v) is 15.9. The van der Waals surface area contributed by atoms with Gasteiger partial charge >= 0.3 is 0 Å². The summed E-state index contributed by atoms with van der Waals surface area (Å²) in [7, 11) is 0. The van der Waals surface area contributed by atoms with Crippen LogP contribution in [0.15, 0.2) is 24.3 Å². The van der Waals surface area contributed by atoms with Crippen LogP contribution in [-0.2, 0) is 0 Å². The number of carbonyl (C=O) groups is 2. The summed E-state index contributed by atoms with van der Waals surface area (Å²) in [6.07, 6.45) is 18.0. The number of ketones is 2. The normalized spacial score (nSPS) is 43.7. The quantitative estimate of drug-likeness (QED) is 0.357. The molecule has 2 nitrogen and oxygen atoms in total. The zero-order valence-corrected chi connectivity index (χ0v) is 26.2. The van der Waals surface area contributed by atoms with Crippen LogP contribution in [-0.4, -0.2) is 11.6 Å². The molecule has 6 rings (SSSR count). The highest BCUT2D eigenvalue weighted by Crippen LogP contribution is 2.69. The van der Waals surface area contributed by atoms with Crippen molar-refractivity contribution in [3.05, 3.63) is 35.4 Å². The Labute approximate surface area is 244 Å². The largest absolute Gasteiger partial charge is 0.294 e. The van der Waals surface area contributed by atoms with E-state index in [1.807, 2.05) is 24.3 Å². The van der Waals surface area contributed by atoms with Crippen molar-refractivity contribution in [2.45, 2.75) is 125 Å². The van der Waals surface area contributed by atoms with Gasteiger partial charge in [0.25, 0.3) is 0 Å². The van der Waals surface area contributed by atoms with Gasteiger partial charge < -0.3 is 0 Å². The highest BCUT2D eigenvalue weighted by Gasteiger charge is 2.61. The lowest BCUT2D eigenvalue weighted by atomic mass is 9.45. The number of Topliss-reactive ketones (excluding diaryl/α,β-unsaturated/α-hetero) is 2. The third kappa shape index (κ3) is 4.57. The Kier molecular flexibility index (Phi) is 7.88. The summed E-state index contributed by atoms with van der Waals surface area (Å²) in [6.45, 7) is 13.1. The van der Waals surface area contributed by atoms with Crippen molar-refractivity contribution in [2.24, 2.45) is 64.1 Å². The van der Waals surface area contributed by atoms with Gasteiger partial charge in [0.2, 0.25) is 0 Å². The Hall–Kier alpha value is -1.44. The fraction of sp³-hybridized carbons (Fsp3) is 0.789. The molecule has 1 aromatic rings. The number of carbonyl (C=O) groups excluding carboxylic acids is 2. The Morgan fingerprint density at radius 2 is 1.70 bits per heavy atom. The van der Waals surface area contributed by atoms with E-state index in [0.717, 1.165) is 60.2 Å². The van der Waals surface area contributed by atoms with Crippen LogP contribution in [0.4, 0.5) is 0 Å². The Balaban J connectivity index is 1.13. The number of fused-ring (bicyclic) bond motifs is 6. The molecule has 0 bridgehead atoms. The van der Waals surface area contributed by atoms with E-state index in [1.54, 1.807) is 0 Å². The zero-order chi connectivity index (χ0) is 28.2. The van der Waals surface area contributed by atoms with Crippen molar-refractivity contribution in [1.82, 2.24) is 0 Å². The molecule has 4 fully saturated rings.